The number of aromatic nitrogens is 3. The van der Waals surface area contributed by atoms with Crippen LogP contribution < -0.4 is 4.90 Å². The van der Waals surface area contributed by atoms with E-state index in [1.54, 1.807) is 17.5 Å². The lowest BCUT2D eigenvalue weighted by atomic mass is 10.3. The average Bonchev–Trinajstić information content (AvgIpc) is 3.09. The van der Waals surface area contributed by atoms with Crippen molar-refractivity contribution in [3.05, 3.63) is 21.6 Å². The van der Waals surface area contributed by atoms with Crippen LogP contribution in [0.15, 0.2) is 11.6 Å². The zero-order chi connectivity index (χ0) is 14.9. The Kier molecular flexibility index (Phi) is 4.09. The van der Waals surface area contributed by atoms with Gasteiger partial charge in [-0.2, -0.15) is 13.2 Å². The van der Waals surface area contributed by atoms with Crippen LogP contribution in [0.3, 0.4) is 0 Å². The maximum Gasteiger partial charge on any atom is 0.445 e. The van der Waals surface area contributed by atoms with E-state index in [-0.39, 0.29) is 0 Å². The van der Waals surface area contributed by atoms with Gasteiger partial charge in [0.1, 0.15) is 5.01 Å². The molecule has 0 aliphatic carbocycles. The standard InChI is InChI=1S/C11H12F3N5S2/c12-11(13,14)9-16-17-10(21-9)19-4-2-18(3-5-19)7-8-15-1-6-20-8/h1,6H,2-5,7H2. The van der Waals surface area contributed by atoms with Crippen LogP contribution in [0.5, 0.6) is 0 Å². The lowest BCUT2D eigenvalue weighted by Crippen LogP contribution is -2.45. The van der Waals surface area contributed by atoms with Crippen LogP contribution in [-0.2, 0) is 12.7 Å². The van der Waals surface area contributed by atoms with Gasteiger partial charge in [-0.1, -0.05) is 11.3 Å². The number of hydrogen-bond acceptors (Lipinski definition) is 7. The number of alkyl halides is 3. The number of halogens is 3. The Morgan fingerprint density at radius 2 is 1.90 bits per heavy atom. The van der Waals surface area contributed by atoms with E-state index in [4.69, 9.17) is 0 Å². The van der Waals surface area contributed by atoms with Gasteiger partial charge in [0.05, 0.1) is 6.54 Å². The molecule has 5 nitrogen and oxygen atoms in total. The van der Waals surface area contributed by atoms with Gasteiger partial charge in [0, 0.05) is 37.8 Å². The molecule has 0 amide bonds. The van der Waals surface area contributed by atoms with Crippen molar-refractivity contribution in [3.8, 4) is 0 Å². The highest BCUT2D eigenvalue weighted by Gasteiger charge is 2.36. The highest BCUT2D eigenvalue weighted by molar-refractivity contribution is 7.15. The third kappa shape index (κ3) is 3.50. The zero-order valence-corrected chi connectivity index (χ0v) is 12.5. The van der Waals surface area contributed by atoms with Gasteiger partial charge in [0.15, 0.2) is 0 Å². The molecule has 1 fully saturated rings. The van der Waals surface area contributed by atoms with E-state index < -0.39 is 11.2 Å². The molecule has 0 radical (unpaired) electrons. The number of thiazole rings is 1. The van der Waals surface area contributed by atoms with Crippen molar-refractivity contribution in [2.45, 2.75) is 12.7 Å². The fourth-order valence-corrected chi connectivity index (χ4v) is 3.50. The number of anilines is 1. The highest BCUT2D eigenvalue weighted by atomic mass is 32.1. The van der Waals surface area contributed by atoms with Crippen molar-refractivity contribution >= 4 is 27.8 Å². The third-order valence-corrected chi connectivity index (χ3v) is 4.94. The van der Waals surface area contributed by atoms with Gasteiger partial charge in [0.25, 0.3) is 0 Å². The zero-order valence-electron chi connectivity index (χ0n) is 10.9. The molecule has 2 aromatic heterocycles. The molecule has 0 spiro atoms. The van der Waals surface area contributed by atoms with Crippen LogP contribution in [-0.4, -0.2) is 46.3 Å². The van der Waals surface area contributed by atoms with E-state index in [1.807, 2.05) is 10.3 Å². The van der Waals surface area contributed by atoms with Crippen LogP contribution >= 0.6 is 22.7 Å². The molecule has 1 aliphatic heterocycles. The lowest BCUT2D eigenvalue weighted by Gasteiger charge is -2.33. The van der Waals surface area contributed by atoms with Crippen LogP contribution in [0.25, 0.3) is 0 Å². The second-order valence-corrected chi connectivity index (χ2v) is 6.51. The molecule has 0 saturated carbocycles. The van der Waals surface area contributed by atoms with Crippen molar-refractivity contribution in [2.75, 3.05) is 31.1 Å². The summed E-state index contributed by atoms with van der Waals surface area (Å²) < 4.78 is 37.6. The minimum Gasteiger partial charge on any atom is -0.344 e. The van der Waals surface area contributed by atoms with Crippen LogP contribution in [0, 0.1) is 0 Å². The molecule has 0 aromatic carbocycles. The van der Waals surface area contributed by atoms with E-state index >= 15 is 0 Å². The summed E-state index contributed by atoms with van der Waals surface area (Å²) in [5.41, 5.74) is 0. The second kappa shape index (κ2) is 5.85. The summed E-state index contributed by atoms with van der Waals surface area (Å²) in [4.78, 5) is 8.33. The highest BCUT2D eigenvalue weighted by Crippen LogP contribution is 2.34. The molecule has 21 heavy (non-hydrogen) atoms. The van der Waals surface area contributed by atoms with Gasteiger partial charge in [0.2, 0.25) is 10.1 Å². The smallest absolute Gasteiger partial charge is 0.344 e. The number of piperazine rings is 1. The van der Waals surface area contributed by atoms with Gasteiger partial charge < -0.3 is 4.90 Å². The SMILES string of the molecule is FC(F)(F)c1nnc(N2CCN(Cc3nccs3)CC2)s1. The maximum atomic E-state index is 12.5. The fraction of sp³-hybridized carbons (Fsp3) is 0.545. The van der Waals surface area contributed by atoms with Crippen molar-refractivity contribution < 1.29 is 13.2 Å². The van der Waals surface area contributed by atoms with E-state index in [0.29, 0.717) is 29.6 Å². The molecule has 0 unspecified atom stereocenters. The second-order valence-electron chi connectivity index (χ2n) is 4.58. The Bertz CT molecular complexity index is 575. The van der Waals surface area contributed by atoms with Gasteiger partial charge >= 0.3 is 6.18 Å². The molecular weight excluding hydrogens is 323 g/mol. The summed E-state index contributed by atoms with van der Waals surface area (Å²) in [5.74, 6) is 0. The number of nitrogens with zero attached hydrogens (tertiary/aromatic N) is 5. The molecule has 1 saturated heterocycles. The van der Waals surface area contributed by atoms with Crippen LogP contribution in [0.2, 0.25) is 0 Å². The molecule has 114 valence electrons. The Morgan fingerprint density at radius 1 is 1.14 bits per heavy atom. The van der Waals surface area contributed by atoms with Crippen molar-refractivity contribution in [3.63, 3.8) is 0 Å². The first kappa shape index (κ1) is 14.7. The van der Waals surface area contributed by atoms with E-state index in [2.05, 4.69) is 20.1 Å². The summed E-state index contributed by atoms with van der Waals surface area (Å²) in [6.45, 7) is 3.65. The predicted molar refractivity (Wildman–Crippen MR) is 74.5 cm³/mol. The minimum absolute atomic E-state index is 0.344. The summed E-state index contributed by atoms with van der Waals surface area (Å²) in [6, 6.07) is 0. The van der Waals surface area contributed by atoms with E-state index in [9.17, 15) is 13.2 Å². The minimum atomic E-state index is -4.41. The van der Waals surface area contributed by atoms with Crippen molar-refractivity contribution in [1.82, 2.24) is 20.1 Å². The summed E-state index contributed by atoms with van der Waals surface area (Å²) in [6.07, 6.45) is -2.64. The van der Waals surface area contributed by atoms with Gasteiger partial charge in [-0.25, -0.2) is 4.98 Å². The van der Waals surface area contributed by atoms with Gasteiger partial charge in [-0.05, 0) is 0 Å². The van der Waals surface area contributed by atoms with Crippen LogP contribution in [0.4, 0.5) is 18.3 Å². The largest absolute Gasteiger partial charge is 0.445 e. The maximum absolute atomic E-state index is 12.5. The topological polar surface area (TPSA) is 45.2 Å². The predicted octanol–water partition coefficient (Wildman–Crippen LogP) is 2.34. The number of hydrogen-bond donors (Lipinski definition) is 0. The Balaban J connectivity index is 1.57. The molecule has 3 heterocycles. The third-order valence-electron chi connectivity index (χ3n) is 3.14. The first-order valence-electron chi connectivity index (χ1n) is 6.29. The first-order valence-corrected chi connectivity index (χ1v) is 7.98. The molecule has 0 atom stereocenters. The Labute approximate surface area is 127 Å². The summed E-state index contributed by atoms with van der Waals surface area (Å²) in [5, 5.41) is 9.32. The average molecular weight is 335 g/mol. The van der Waals surface area contributed by atoms with Gasteiger partial charge in [-0.3, -0.25) is 4.90 Å². The molecule has 1 aliphatic rings. The van der Waals surface area contributed by atoms with E-state index in [1.165, 1.54) is 0 Å². The molecule has 0 N–H and O–H groups in total. The van der Waals surface area contributed by atoms with Gasteiger partial charge in [-0.15, -0.1) is 21.5 Å². The Morgan fingerprint density at radius 3 is 2.48 bits per heavy atom. The summed E-state index contributed by atoms with van der Waals surface area (Å²) >= 11 is 2.21. The quantitative estimate of drug-likeness (QED) is 0.861. The fourth-order valence-electron chi connectivity index (χ4n) is 2.08. The van der Waals surface area contributed by atoms with Crippen molar-refractivity contribution in [2.24, 2.45) is 0 Å². The molecule has 2 aromatic rings. The molecule has 3 rings (SSSR count). The molecule has 0 bridgehead atoms. The Hall–Kier alpha value is -1.26. The monoisotopic (exact) mass is 335 g/mol. The lowest BCUT2D eigenvalue weighted by molar-refractivity contribution is -0.138. The van der Waals surface area contributed by atoms with Crippen LogP contribution in [0.1, 0.15) is 10.0 Å². The van der Waals surface area contributed by atoms with E-state index in [0.717, 1.165) is 24.6 Å². The molecule has 10 heteroatoms. The number of rotatable bonds is 3. The van der Waals surface area contributed by atoms with Crippen molar-refractivity contribution in [1.29, 1.82) is 0 Å². The summed E-state index contributed by atoms with van der Waals surface area (Å²) in [7, 11) is 0. The first-order chi connectivity index (χ1) is 10.0. The normalized spacial score (nSPS) is 17.4. The molecular formula is C11H12F3N5S2.